The van der Waals surface area contributed by atoms with E-state index in [1.54, 1.807) is 4.90 Å². The monoisotopic (exact) mass is 304 g/mol. The summed E-state index contributed by atoms with van der Waals surface area (Å²) in [5.74, 6) is -1.21. The van der Waals surface area contributed by atoms with E-state index in [1.165, 1.54) is 32.4 Å². The molecule has 1 aliphatic rings. The molecule has 0 radical (unpaired) electrons. The van der Waals surface area contributed by atoms with E-state index >= 15 is 0 Å². The van der Waals surface area contributed by atoms with E-state index in [0.29, 0.717) is 18.8 Å². The Bertz CT molecular complexity index is 597. The Labute approximate surface area is 127 Å². The predicted molar refractivity (Wildman–Crippen MR) is 78.9 cm³/mol. The number of rotatable bonds is 3. The molecule has 2 amide bonds. The van der Waals surface area contributed by atoms with Crippen molar-refractivity contribution in [2.45, 2.75) is 0 Å². The summed E-state index contributed by atoms with van der Waals surface area (Å²) < 4.78 is 9.28. The SMILES string of the molecule is COC(=O)c1cc(NC(=O)N2CC=CC2)cc(C(=O)OC)c1. The lowest BCUT2D eigenvalue weighted by molar-refractivity contribution is 0.0599. The Hall–Kier alpha value is -2.83. The number of hydrogen-bond acceptors (Lipinski definition) is 5. The van der Waals surface area contributed by atoms with E-state index in [4.69, 9.17) is 0 Å². The Morgan fingerprint density at radius 2 is 1.45 bits per heavy atom. The van der Waals surface area contributed by atoms with Crippen molar-refractivity contribution >= 4 is 23.7 Å². The molecule has 116 valence electrons. The fourth-order valence-corrected chi connectivity index (χ4v) is 2.02. The summed E-state index contributed by atoms with van der Waals surface area (Å²) in [6.45, 7) is 1.04. The van der Waals surface area contributed by atoms with Crippen LogP contribution in [-0.4, -0.2) is 50.2 Å². The maximum absolute atomic E-state index is 12.1. The van der Waals surface area contributed by atoms with E-state index in [2.05, 4.69) is 14.8 Å². The molecule has 7 heteroatoms. The summed E-state index contributed by atoms with van der Waals surface area (Å²) >= 11 is 0. The van der Waals surface area contributed by atoms with Gasteiger partial charge in [-0.1, -0.05) is 12.2 Å². The second-order valence-electron chi connectivity index (χ2n) is 4.59. The quantitative estimate of drug-likeness (QED) is 0.678. The molecule has 0 aliphatic carbocycles. The van der Waals surface area contributed by atoms with E-state index in [1.807, 2.05) is 12.2 Å². The van der Waals surface area contributed by atoms with Crippen molar-refractivity contribution in [2.24, 2.45) is 0 Å². The second kappa shape index (κ2) is 6.75. The van der Waals surface area contributed by atoms with E-state index in [9.17, 15) is 14.4 Å². The van der Waals surface area contributed by atoms with Crippen molar-refractivity contribution in [1.29, 1.82) is 0 Å². The van der Waals surface area contributed by atoms with Gasteiger partial charge >= 0.3 is 18.0 Å². The average molecular weight is 304 g/mol. The molecule has 1 N–H and O–H groups in total. The molecule has 0 spiro atoms. The number of esters is 2. The van der Waals surface area contributed by atoms with Crippen LogP contribution in [0, 0.1) is 0 Å². The number of amides is 2. The summed E-state index contributed by atoms with van der Waals surface area (Å²) in [5, 5.41) is 2.65. The van der Waals surface area contributed by atoms with Crippen molar-refractivity contribution in [2.75, 3.05) is 32.6 Å². The zero-order chi connectivity index (χ0) is 16.1. The maximum Gasteiger partial charge on any atom is 0.337 e. The number of nitrogens with zero attached hydrogens (tertiary/aromatic N) is 1. The number of ether oxygens (including phenoxy) is 2. The lowest BCUT2D eigenvalue weighted by Crippen LogP contribution is -2.32. The molecule has 1 heterocycles. The summed E-state index contributed by atoms with van der Waals surface area (Å²) in [7, 11) is 2.47. The van der Waals surface area contributed by atoms with Crippen molar-refractivity contribution < 1.29 is 23.9 Å². The zero-order valence-corrected chi connectivity index (χ0v) is 12.3. The van der Waals surface area contributed by atoms with Crippen LogP contribution < -0.4 is 5.32 Å². The van der Waals surface area contributed by atoms with E-state index in [0.717, 1.165) is 0 Å². The summed E-state index contributed by atoms with van der Waals surface area (Å²) in [6.07, 6.45) is 3.76. The first kappa shape index (κ1) is 15.6. The lowest BCUT2D eigenvalue weighted by atomic mass is 10.1. The third-order valence-electron chi connectivity index (χ3n) is 3.13. The molecular weight excluding hydrogens is 288 g/mol. The van der Waals surface area contributed by atoms with Gasteiger partial charge in [-0.25, -0.2) is 14.4 Å². The molecule has 7 nitrogen and oxygen atoms in total. The van der Waals surface area contributed by atoms with Crippen molar-refractivity contribution in [3.05, 3.63) is 41.5 Å². The number of carbonyl (C=O) groups excluding carboxylic acids is 3. The van der Waals surface area contributed by atoms with Crippen LogP contribution in [0.4, 0.5) is 10.5 Å². The molecule has 0 bridgehead atoms. The van der Waals surface area contributed by atoms with Gasteiger partial charge < -0.3 is 19.7 Å². The van der Waals surface area contributed by atoms with Gasteiger partial charge in [-0.2, -0.15) is 0 Å². The third kappa shape index (κ3) is 3.43. The average Bonchev–Trinajstić information content (AvgIpc) is 3.07. The fraction of sp³-hybridized carbons (Fsp3) is 0.267. The predicted octanol–water partition coefficient (Wildman–Crippen LogP) is 1.66. The van der Waals surface area contributed by atoms with Crippen LogP contribution in [-0.2, 0) is 9.47 Å². The lowest BCUT2D eigenvalue weighted by Gasteiger charge is -2.17. The highest BCUT2D eigenvalue weighted by atomic mass is 16.5. The van der Waals surface area contributed by atoms with Crippen molar-refractivity contribution in [3.8, 4) is 0 Å². The first-order valence-electron chi connectivity index (χ1n) is 6.58. The second-order valence-corrected chi connectivity index (χ2v) is 4.59. The van der Waals surface area contributed by atoms with Gasteiger partial charge in [0.05, 0.1) is 25.3 Å². The molecule has 1 aliphatic heterocycles. The van der Waals surface area contributed by atoms with Crippen LogP contribution in [0.5, 0.6) is 0 Å². The standard InChI is InChI=1S/C15H16N2O5/c1-21-13(18)10-7-11(14(19)22-2)9-12(8-10)16-15(20)17-5-3-4-6-17/h3-4,7-9H,5-6H2,1-2H3,(H,16,20). The van der Waals surface area contributed by atoms with Crippen LogP contribution >= 0.6 is 0 Å². The third-order valence-corrected chi connectivity index (χ3v) is 3.13. The first-order valence-corrected chi connectivity index (χ1v) is 6.58. The fourth-order valence-electron chi connectivity index (χ4n) is 2.02. The highest BCUT2D eigenvalue weighted by Gasteiger charge is 2.18. The smallest absolute Gasteiger partial charge is 0.337 e. The Morgan fingerprint density at radius 1 is 0.955 bits per heavy atom. The van der Waals surface area contributed by atoms with Crippen molar-refractivity contribution in [3.63, 3.8) is 0 Å². The van der Waals surface area contributed by atoms with Crippen LogP contribution in [0.2, 0.25) is 0 Å². The molecule has 0 aromatic heterocycles. The minimum absolute atomic E-state index is 0.153. The van der Waals surface area contributed by atoms with E-state index < -0.39 is 11.9 Å². The van der Waals surface area contributed by atoms with Crippen LogP contribution in [0.1, 0.15) is 20.7 Å². The largest absolute Gasteiger partial charge is 0.465 e. The molecule has 22 heavy (non-hydrogen) atoms. The van der Waals surface area contributed by atoms with Crippen LogP contribution in [0.15, 0.2) is 30.4 Å². The molecule has 2 rings (SSSR count). The summed E-state index contributed by atoms with van der Waals surface area (Å²) in [5.41, 5.74) is 0.626. The topological polar surface area (TPSA) is 84.9 Å². The molecule has 1 aromatic carbocycles. The number of benzene rings is 1. The van der Waals surface area contributed by atoms with Gasteiger partial charge in [-0.3, -0.25) is 0 Å². The summed E-state index contributed by atoms with van der Waals surface area (Å²) in [4.78, 5) is 37.0. The van der Waals surface area contributed by atoms with Crippen LogP contribution in [0.3, 0.4) is 0 Å². The van der Waals surface area contributed by atoms with Crippen LogP contribution in [0.25, 0.3) is 0 Å². The molecule has 1 aromatic rings. The summed E-state index contributed by atoms with van der Waals surface area (Å²) in [6, 6.07) is 3.92. The Balaban J connectivity index is 2.26. The number of anilines is 1. The normalized spacial score (nSPS) is 12.9. The maximum atomic E-state index is 12.1. The van der Waals surface area contributed by atoms with E-state index in [-0.39, 0.29) is 17.2 Å². The highest BCUT2D eigenvalue weighted by Crippen LogP contribution is 2.18. The molecular formula is C15H16N2O5. The highest BCUT2D eigenvalue weighted by molar-refractivity contribution is 5.99. The Morgan fingerprint density at radius 3 is 1.91 bits per heavy atom. The Kier molecular flexibility index (Phi) is 4.77. The van der Waals surface area contributed by atoms with Gasteiger partial charge in [0, 0.05) is 18.8 Å². The number of urea groups is 1. The molecule has 0 saturated heterocycles. The first-order chi connectivity index (χ1) is 10.5. The molecule has 0 unspecified atom stereocenters. The minimum atomic E-state index is -0.607. The number of carbonyl (C=O) groups is 3. The number of methoxy groups -OCH3 is 2. The van der Waals surface area contributed by atoms with Gasteiger partial charge in [-0.05, 0) is 18.2 Å². The number of hydrogen-bond donors (Lipinski definition) is 1. The minimum Gasteiger partial charge on any atom is -0.465 e. The van der Waals surface area contributed by atoms with Gasteiger partial charge in [0.2, 0.25) is 0 Å². The molecule has 0 saturated carbocycles. The molecule has 0 atom stereocenters. The van der Waals surface area contributed by atoms with Gasteiger partial charge in [0.1, 0.15) is 0 Å². The molecule has 0 fully saturated rings. The van der Waals surface area contributed by atoms with Gasteiger partial charge in [0.25, 0.3) is 0 Å². The van der Waals surface area contributed by atoms with Gasteiger partial charge in [-0.15, -0.1) is 0 Å². The van der Waals surface area contributed by atoms with Gasteiger partial charge in [0.15, 0.2) is 0 Å². The zero-order valence-electron chi connectivity index (χ0n) is 12.3. The number of nitrogens with one attached hydrogen (secondary N) is 1. The van der Waals surface area contributed by atoms with Crippen molar-refractivity contribution in [1.82, 2.24) is 4.90 Å².